The third-order valence-electron chi connectivity index (χ3n) is 18.9. The Balaban J connectivity index is 0.644. The number of nitrogens with zero attached hydrogens (tertiary/aromatic N) is 11. The Hall–Kier alpha value is -9.84. The Kier molecular flexibility index (Phi) is 24.5. The Bertz CT molecular complexity index is 4020. The first-order valence-corrected chi connectivity index (χ1v) is 33.8. The molecule has 4 aliphatic rings. The minimum atomic E-state index is -1.97. The van der Waals surface area contributed by atoms with E-state index >= 15 is 0 Å². The van der Waals surface area contributed by atoms with Gasteiger partial charge >= 0.3 is 30.3 Å². The van der Waals surface area contributed by atoms with Gasteiger partial charge in [0.05, 0.1) is 48.2 Å². The number of anilines is 2. The maximum atomic E-state index is 13.9. The average Bonchev–Trinajstić information content (AvgIpc) is 1.68. The molecule has 542 valence electrons. The third-order valence-corrected chi connectivity index (χ3v) is 18.9. The lowest BCUT2D eigenvalue weighted by molar-refractivity contribution is -0.686. The number of benzene rings is 3. The number of likely N-dealkylation sites (N-methyl/N-ethyl adjacent to an activating group) is 5. The van der Waals surface area contributed by atoms with E-state index in [2.05, 4.69) is 32.8 Å². The second-order valence-corrected chi connectivity index (χ2v) is 25.9. The van der Waals surface area contributed by atoms with E-state index in [1.54, 1.807) is 39.5 Å². The highest BCUT2D eigenvalue weighted by atomic mass is 16.7. The molecule has 2 fully saturated rings. The van der Waals surface area contributed by atoms with Crippen LogP contribution in [-0.4, -0.2) is 239 Å². The molecule has 5 amide bonds. The number of nitrogens with one attached hydrogen (secondary N) is 1. The van der Waals surface area contributed by atoms with Crippen molar-refractivity contribution >= 4 is 69.5 Å². The monoisotopic (exact) mass is 1400 g/mol. The van der Waals surface area contributed by atoms with Gasteiger partial charge in [0.25, 0.3) is 0 Å². The molecule has 7 heterocycles. The first-order valence-electron chi connectivity index (χ1n) is 33.8. The number of ether oxygens (including phenoxy) is 8. The summed E-state index contributed by atoms with van der Waals surface area (Å²) in [5.41, 5.74) is 4.01. The van der Waals surface area contributed by atoms with Crippen molar-refractivity contribution in [1.82, 2.24) is 39.0 Å². The van der Waals surface area contributed by atoms with Crippen LogP contribution in [0.25, 0.3) is 33.1 Å². The first kappa shape index (κ1) is 73.9. The standard InChI is InChI=1S/C70H88N12O19/c1-42-21-25-81(57(84)20-24-71)38-51(42)79(6)63-46-23-27-82(64(46)73-40-72-63)67(90)75(2)28-29-77(4)69(92)96-39-43-16-18-52(99-66-60(87)58(85)59(86)62(100-66)65(88)89)49(33-43)74-56(83)15-13-11-9-8-10-12-14-32-95-68(91)76(3)30-31-78(5)70(93)101-61-48-37-80-26-22-45-35-54-55(98-41-97-54)36-47(45)50(80)34-44(48)17-19-53(61)94-7/h16-19,23,27,33-37,40,42,51,57-60,62,66,84-87H,8-15,20-22,25-26,28-32,38-39,41H2,1-7H3,(H-,74,83,88,89)/p+1/t42-,51+,57?,58-,59-,60+,62-,66+/m0/s1. The van der Waals surface area contributed by atoms with Crippen LogP contribution in [0.4, 0.5) is 30.7 Å². The van der Waals surface area contributed by atoms with Crippen LogP contribution in [0.1, 0.15) is 82.3 Å². The molecule has 31 heteroatoms. The topological polar surface area (TPSA) is 367 Å². The lowest BCUT2D eigenvalue weighted by Crippen LogP contribution is -2.61. The number of carbonyl (C=O) groups is 6. The van der Waals surface area contributed by atoms with E-state index in [0.717, 1.165) is 66.5 Å². The third kappa shape index (κ3) is 17.5. The van der Waals surface area contributed by atoms with Gasteiger partial charge in [-0.2, -0.15) is 9.83 Å². The van der Waals surface area contributed by atoms with Crippen molar-refractivity contribution < 1.29 is 96.8 Å². The van der Waals surface area contributed by atoms with Gasteiger partial charge in [-0.25, -0.2) is 33.9 Å². The predicted octanol–water partition coefficient (Wildman–Crippen LogP) is 5.91. The fourth-order valence-electron chi connectivity index (χ4n) is 12.7. The lowest BCUT2D eigenvalue weighted by Gasteiger charge is -2.43. The first-order chi connectivity index (χ1) is 48.5. The molecule has 4 aliphatic heterocycles. The van der Waals surface area contributed by atoms with Gasteiger partial charge in [-0.1, -0.05) is 45.1 Å². The Morgan fingerprint density at radius 3 is 2.20 bits per heavy atom. The summed E-state index contributed by atoms with van der Waals surface area (Å²) in [4.78, 5) is 97.5. The molecule has 3 aromatic carbocycles. The molecule has 0 saturated carbocycles. The summed E-state index contributed by atoms with van der Waals surface area (Å²) in [6.07, 6.45) is -0.560. The molecule has 10 rings (SSSR count). The van der Waals surface area contributed by atoms with Crippen LogP contribution < -0.4 is 38.5 Å². The molecule has 0 bridgehead atoms. The van der Waals surface area contributed by atoms with Crippen LogP contribution in [0, 0.1) is 17.2 Å². The molecule has 31 nitrogen and oxygen atoms in total. The number of fused-ring (bicyclic) bond motifs is 6. The zero-order chi connectivity index (χ0) is 72.2. The highest BCUT2D eigenvalue weighted by molar-refractivity contribution is 5.96. The Morgan fingerprint density at radius 2 is 1.48 bits per heavy atom. The predicted molar refractivity (Wildman–Crippen MR) is 363 cm³/mol. The zero-order valence-electron chi connectivity index (χ0n) is 57.8. The van der Waals surface area contributed by atoms with E-state index < -0.39 is 73.1 Å². The molecular weight excluding hydrogens is 1310 g/mol. The van der Waals surface area contributed by atoms with Crippen LogP contribution in [0.2, 0.25) is 0 Å². The highest BCUT2D eigenvalue weighted by Crippen LogP contribution is 2.42. The number of aromatic nitrogens is 4. The number of carboxylic acid groups (broad SMARTS) is 1. The van der Waals surface area contributed by atoms with Crippen LogP contribution in [0.3, 0.4) is 0 Å². The number of carboxylic acids is 1. The van der Waals surface area contributed by atoms with Gasteiger partial charge in [-0.05, 0) is 84.2 Å². The number of nitriles is 1. The number of aliphatic carboxylic acids is 1. The summed E-state index contributed by atoms with van der Waals surface area (Å²) in [7, 11) is 9.69. The van der Waals surface area contributed by atoms with Crippen LogP contribution in [-0.2, 0) is 43.4 Å². The van der Waals surface area contributed by atoms with Gasteiger partial charge in [0.15, 0.2) is 47.5 Å². The van der Waals surface area contributed by atoms with Crippen molar-refractivity contribution in [2.24, 2.45) is 5.92 Å². The molecule has 8 atom stereocenters. The molecule has 6 N–H and O–H groups in total. The van der Waals surface area contributed by atoms with E-state index in [0.29, 0.717) is 78.2 Å². The molecule has 0 aliphatic carbocycles. The number of piperidine rings is 1. The van der Waals surface area contributed by atoms with Gasteiger partial charge in [0.1, 0.15) is 49.0 Å². The number of pyridine rings is 1. The van der Waals surface area contributed by atoms with Gasteiger partial charge in [-0.15, -0.1) is 0 Å². The zero-order valence-corrected chi connectivity index (χ0v) is 57.8. The number of hydrogen-bond donors (Lipinski definition) is 6. The molecule has 101 heavy (non-hydrogen) atoms. The summed E-state index contributed by atoms with van der Waals surface area (Å²) >= 11 is 0. The maximum absolute atomic E-state index is 13.9. The van der Waals surface area contributed by atoms with Crippen LogP contribution >= 0.6 is 0 Å². The van der Waals surface area contributed by atoms with E-state index in [9.17, 15) is 59.6 Å². The minimum absolute atomic E-state index is 0.00475. The van der Waals surface area contributed by atoms with Gasteiger partial charge in [0.2, 0.25) is 24.7 Å². The van der Waals surface area contributed by atoms with E-state index in [1.807, 2.05) is 47.3 Å². The smallest absolute Gasteiger partial charge is 0.415 e. The quantitative estimate of drug-likeness (QED) is 0.0245. The molecular formula is C70H89N12O19+. The van der Waals surface area contributed by atoms with Crippen molar-refractivity contribution in [2.45, 2.75) is 134 Å². The largest absolute Gasteiger partial charge is 0.493 e. The second-order valence-electron chi connectivity index (χ2n) is 25.9. The van der Waals surface area contributed by atoms with Gasteiger partial charge < -0.3 is 93.2 Å². The summed E-state index contributed by atoms with van der Waals surface area (Å²) in [5.74, 6) is 0.828. The number of unbranched alkanes of at least 4 members (excludes halogenated alkanes) is 6. The number of aliphatic hydroxyl groups excluding tert-OH is 4. The molecule has 3 aromatic heterocycles. The average molecular weight is 1400 g/mol. The van der Waals surface area contributed by atoms with Crippen molar-refractivity contribution in [2.75, 3.05) is 105 Å². The summed E-state index contributed by atoms with van der Waals surface area (Å²) < 4.78 is 48.8. The number of aryl methyl sites for hydroxylation is 2. The van der Waals surface area contributed by atoms with Crippen molar-refractivity contribution in [3.63, 3.8) is 0 Å². The number of likely N-dealkylation sites (tertiary alicyclic amines) is 1. The number of methoxy groups -OCH3 is 1. The Labute approximate surface area is 583 Å². The molecule has 0 radical (unpaired) electrons. The minimum Gasteiger partial charge on any atom is -0.493 e. The molecule has 2 saturated heterocycles. The molecule has 0 spiro atoms. The van der Waals surface area contributed by atoms with Crippen molar-refractivity contribution in [1.29, 1.82) is 5.26 Å². The van der Waals surface area contributed by atoms with Crippen LogP contribution in [0.15, 0.2) is 73.3 Å². The second kappa shape index (κ2) is 33.6. The number of aliphatic hydroxyl groups is 4. The van der Waals surface area contributed by atoms with E-state index in [1.165, 1.54) is 62.9 Å². The molecule has 1 unspecified atom stereocenters. The van der Waals surface area contributed by atoms with Gasteiger partial charge in [-0.3, -0.25) is 14.3 Å². The maximum Gasteiger partial charge on any atom is 0.415 e. The lowest BCUT2D eigenvalue weighted by atomic mass is 9.92. The van der Waals surface area contributed by atoms with Gasteiger partial charge in [0, 0.05) is 106 Å². The summed E-state index contributed by atoms with van der Waals surface area (Å²) in [6, 6.07) is 17.4. The number of carbonyl (C=O) groups excluding carboxylic acids is 5. The van der Waals surface area contributed by atoms with E-state index in [4.69, 9.17) is 37.9 Å². The summed E-state index contributed by atoms with van der Waals surface area (Å²) in [5, 5.41) is 65.9. The van der Waals surface area contributed by atoms with Crippen molar-refractivity contribution in [3.8, 4) is 46.1 Å². The number of hydrogen-bond acceptors (Lipinski definition) is 23. The normalized spacial score (nSPS) is 19.4. The number of rotatable bonds is 28. The van der Waals surface area contributed by atoms with Crippen molar-refractivity contribution in [3.05, 3.63) is 84.4 Å². The Morgan fingerprint density at radius 1 is 0.792 bits per heavy atom. The summed E-state index contributed by atoms with van der Waals surface area (Å²) in [6.45, 7) is 4.59. The highest BCUT2D eigenvalue weighted by Gasteiger charge is 2.48. The molecule has 6 aromatic rings. The SMILES string of the molecule is COc1ccc2cc3[n+](cc2c1OC(=O)N(C)CCN(C)C(=O)OCCCCCCCCCC(=O)Nc1cc(COC(=O)N(C)CCN(C)C(=O)n2ccc4c(N(C)[C@@H]5CN(C(O)CC#N)CC[C@@H]5C)ncnc42)ccc1O[C@@H]1O[C@H](C(=O)O)[C@@H](O)[C@H](O)[C@H]1O)CCc1cc2c(cc1-3)OCO2. The van der Waals surface area contributed by atoms with Crippen LogP contribution in [0.5, 0.6) is 28.7 Å². The number of amides is 5. The fraction of sp³-hybridized carbons (Fsp3) is 0.514. The fourth-order valence-corrected chi connectivity index (χ4v) is 12.7. The van der Waals surface area contributed by atoms with E-state index in [-0.39, 0.29) is 88.2 Å².